The molecule has 0 N–H and O–H groups in total. The molecule has 0 aliphatic heterocycles. The number of hydrogen-bond donors (Lipinski definition) is 0. The topological polar surface area (TPSA) is 18.5 Å². The highest BCUT2D eigenvalue weighted by Gasteiger charge is 2.31. The van der Waals surface area contributed by atoms with Crippen LogP contribution in [0.15, 0.2) is 0 Å². The molecular weight excluding hydrogens is 188 g/mol. The average molecular weight is 216 g/mol. The predicted octanol–water partition coefficient (Wildman–Crippen LogP) is 3.79. The van der Waals surface area contributed by atoms with Crippen LogP contribution in [0.3, 0.4) is 0 Å². The monoisotopic (exact) mass is 216 g/mol. The number of rotatable bonds is 7. The van der Waals surface area contributed by atoms with Crippen LogP contribution in [-0.4, -0.2) is 23.9 Å². The second-order valence-corrected chi connectivity index (χ2v) is 5.31. The van der Waals surface area contributed by atoms with Crippen molar-refractivity contribution in [3.05, 3.63) is 0 Å². The van der Waals surface area contributed by atoms with E-state index in [4.69, 9.17) is 9.47 Å². The van der Waals surface area contributed by atoms with E-state index in [-0.39, 0.29) is 17.3 Å². The summed E-state index contributed by atoms with van der Waals surface area (Å²) in [4.78, 5) is 0. The summed E-state index contributed by atoms with van der Waals surface area (Å²) in [5.41, 5.74) is -0.262. The summed E-state index contributed by atoms with van der Waals surface area (Å²) in [7, 11) is 0. The highest BCUT2D eigenvalue weighted by molar-refractivity contribution is 4.80. The Morgan fingerprint density at radius 2 is 1.60 bits per heavy atom. The minimum absolute atomic E-state index is 0.0530. The molecule has 15 heavy (non-hydrogen) atoms. The normalized spacial score (nSPS) is 15.4. The Bertz CT molecular complexity index is 173. The van der Waals surface area contributed by atoms with Crippen LogP contribution in [0.4, 0.5) is 0 Å². The van der Waals surface area contributed by atoms with E-state index in [0.717, 1.165) is 19.4 Å². The van der Waals surface area contributed by atoms with Crippen LogP contribution >= 0.6 is 0 Å². The molecule has 1 unspecified atom stereocenters. The summed E-state index contributed by atoms with van der Waals surface area (Å²) in [5, 5.41) is 0. The molecule has 0 aromatic carbocycles. The van der Waals surface area contributed by atoms with Gasteiger partial charge in [0.2, 0.25) is 0 Å². The number of hydrogen-bond acceptors (Lipinski definition) is 2. The maximum Gasteiger partial charge on any atom is 0.0884 e. The van der Waals surface area contributed by atoms with Gasteiger partial charge in [0.25, 0.3) is 0 Å². The third kappa shape index (κ3) is 5.53. The smallest absolute Gasteiger partial charge is 0.0884 e. The molecule has 92 valence electrons. The van der Waals surface area contributed by atoms with Crippen LogP contribution in [0.5, 0.6) is 0 Å². The van der Waals surface area contributed by atoms with Crippen molar-refractivity contribution in [1.29, 1.82) is 0 Å². The van der Waals surface area contributed by atoms with E-state index < -0.39 is 0 Å². The van der Waals surface area contributed by atoms with Gasteiger partial charge >= 0.3 is 0 Å². The first-order valence-electron chi connectivity index (χ1n) is 6.07. The van der Waals surface area contributed by atoms with Crippen LogP contribution in [0, 0.1) is 0 Å². The van der Waals surface area contributed by atoms with Crippen molar-refractivity contribution in [3.63, 3.8) is 0 Å². The minimum Gasteiger partial charge on any atom is -0.373 e. The fraction of sp³-hybridized carbons (Fsp3) is 1.00. The van der Waals surface area contributed by atoms with Gasteiger partial charge in [-0.2, -0.15) is 0 Å². The molecule has 0 radical (unpaired) electrons. The van der Waals surface area contributed by atoms with Crippen molar-refractivity contribution >= 4 is 0 Å². The van der Waals surface area contributed by atoms with Gasteiger partial charge in [-0.25, -0.2) is 0 Å². The van der Waals surface area contributed by atoms with E-state index >= 15 is 0 Å². The van der Waals surface area contributed by atoms with E-state index in [9.17, 15) is 0 Å². The first-order chi connectivity index (χ1) is 6.75. The Morgan fingerprint density at radius 1 is 1.07 bits per heavy atom. The summed E-state index contributed by atoms with van der Waals surface area (Å²) in [6.07, 6.45) is 2.34. The van der Waals surface area contributed by atoms with Crippen LogP contribution in [0.2, 0.25) is 0 Å². The lowest BCUT2D eigenvalue weighted by Gasteiger charge is -2.37. The van der Waals surface area contributed by atoms with Gasteiger partial charge in [0.05, 0.1) is 17.3 Å². The molecule has 0 bridgehead atoms. The van der Waals surface area contributed by atoms with E-state index in [0.29, 0.717) is 0 Å². The molecule has 2 heteroatoms. The number of ether oxygens (including phenoxy) is 2. The summed E-state index contributed by atoms with van der Waals surface area (Å²) in [6.45, 7) is 15.5. The second-order valence-electron chi connectivity index (χ2n) is 5.31. The molecule has 2 nitrogen and oxygen atoms in total. The molecule has 0 amide bonds. The lowest BCUT2D eigenvalue weighted by atomic mass is 9.99. The molecule has 0 spiro atoms. The quantitative estimate of drug-likeness (QED) is 0.644. The fourth-order valence-electron chi connectivity index (χ4n) is 1.77. The van der Waals surface area contributed by atoms with Crippen LogP contribution < -0.4 is 0 Å². The van der Waals surface area contributed by atoms with E-state index in [1.165, 1.54) is 0 Å². The summed E-state index contributed by atoms with van der Waals surface area (Å²) >= 11 is 0. The van der Waals surface area contributed by atoms with Gasteiger partial charge in [0, 0.05) is 6.61 Å². The first-order valence-corrected chi connectivity index (χ1v) is 6.07. The lowest BCUT2D eigenvalue weighted by molar-refractivity contribution is -0.166. The molecule has 0 aliphatic rings. The maximum absolute atomic E-state index is 6.07. The van der Waals surface area contributed by atoms with Crippen LogP contribution in [0.1, 0.15) is 61.3 Å². The molecule has 0 aliphatic carbocycles. The molecule has 1 atom stereocenters. The van der Waals surface area contributed by atoms with Crippen molar-refractivity contribution in [2.75, 3.05) is 6.61 Å². The van der Waals surface area contributed by atoms with Crippen molar-refractivity contribution in [1.82, 2.24) is 0 Å². The van der Waals surface area contributed by atoms with Crippen molar-refractivity contribution in [2.45, 2.75) is 78.6 Å². The van der Waals surface area contributed by atoms with Gasteiger partial charge in [-0.15, -0.1) is 0 Å². The van der Waals surface area contributed by atoms with Gasteiger partial charge in [0.15, 0.2) is 0 Å². The molecule has 0 saturated carbocycles. The fourth-order valence-corrected chi connectivity index (χ4v) is 1.77. The highest BCUT2D eigenvalue weighted by Crippen LogP contribution is 2.25. The van der Waals surface area contributed by atoms with Gasteiger partial charge in [-0.3, -0.25) is 0 Å². The van der Waals surface area contributed by atoms with Gasteiger partial charge in [0.1, 0.15) is 0 Å². The Labute approximate surface area is 95.3 Å². The molecule has 0 heterocycles. The van der Waals surface area contributed by atoms with Crippen molar-refractivity contribution in [2.24, 2.45) is 0 Å². The Morgan fingerprint density at radius 3 is 2.00 bits per heavy atom. The standard InChI is InChI=1S/C13H28O2/c1-8-10-12(4,5)15-11(3)13(6,7)14-9-2/h11H,8-10H2,1-7H3. The minimum atomic E-state index is -0.209. The van der Waals surface area contributed by atoms with Crippen LogP contribution in [-0.2, 0) is 9.47 Å². The zero-order valence-electron chi connectivity index (χ0n) is 11.5. The van der Waals surface area contributed by atoms with Crippen LogP contribution in [0.25, 0.3) is 0 Å². The predicted molar refractivity (Wildman–Crippen MR) is 65.2 cm³/mol. The molecule has 0 aromatic heterocycles. The average Bonchev–Trinajstić information content (AvgIpc) is 2.02. The van der Waals surface area contributed by atoms with Gasteiger partial charge in [-0.1, -0.05) is 13.3 Å². The van der Waals surface area contributed by atoms with Gasteiger partial charge < -0.3 is 9.47 Å². The second kappa shape index (κ2) is 5.86. The third-order valence-corrected chi connectivity index (χ3v) is 2.84. The first kappa shape index (κ1) is 14.9. The summed E-state index contributed by atoms with van der Waals surface area (Å²) in [5.74, 6) is 0. The van der Waals surface area contributed by atoms with E-state index in [1.54, 1.807) is 0 Å². The van der Waals surface area contributed by atoms with E-state index in [1.807, 2.05) is 6.92 Å². The molecule has 0 aromatic rings. The molecule has 0 rings (SSSR count). The zero-order chi connectivity index (χ0) is 12.1. The SMILES string of the molecule is CCCC(C)(C)OC(C)C(C)(C)OCC. The Balaban J connectivity index is 4.27. The Kier molecular flexibility index (Phi) is 5.82. The third-order valence-electron chi connectivity index (χ3n) is 2.84. The van der Waals surface area contributed by atoms with Crippen molar-refractivity contribution < 1.29 is 9.47 Å². The lowest BCUT2D eigenvalue weighted by Crippen LogP contribution is -2.43. The van der Waals surface area contributed by atoms with E-state index in [2.05, 4.69) is 41.5 Å². The van der Waals surface area contributed by atoms with Crippen molar-refractivity contribution in [3.8, 4) is 0 Å². The Hall–Kier alpha value is -0.0800. The largest absolute Gasteiger partial charge is 0.373 e. The molecular formula is C13H28O2. The maximum atomic E-state index is 6.07. The van der Waals surface area contributed by atoms with Gasteiger partial charge in [-0.05, 0) is 48.0 Å². The zero-order valence-corrected chi connectivity index (χ0v) is 11.5. The molecule has 0 saturated heterocycles. The molecule has 0 fully saturated rings. The summed E-state index contributed by atoms with van der Waals surface area (Å²) in [6, 6.07) is 0. The summed E-state index contributed by atoms with van der Waals surface area (Å²) < 4.78 is 11.8. The highest BCUT2D eigenvalue weighted by atomic mass is 16.6.